The third-order valence-electron chi connectivity index (χ3n) is 2.52. The molecule has 1 fully saturated rings. The zero-order valence-electron chi connectivity index (χ0n) is 7.71. The lowest BCUT2D eigenvalue weighted by molar-refractivity contribution is 0.445. The smallest absolute Gasteiger partial charge is 0.193 e. The fourth-order valence-corrected chi connectivity index (χ4v) is 1.47. The monoisotopic (exact) mass is 167 g/mol. The third-order valence-corrected chi connectivity index (χ3v) is 2.52. The summed E-state index contributed by atoms with van der Waals surface area (Å²) in [4.78, 5) is 6.66. The number of hydrogen-bond donors (Lipinski definition) is 1. The second-order valence-electron chi connectivity index (χ2n) is 3.80. The van der Waals surface area contributed by atoms with Crippen molar-refractivity contribution in [1.29, 1.82) is 0 Å². The van der Waals surface area contributed by atoms with E-state index in [1.807, 2.05) is 0 Å². The van der Waals surface area contributed by atoms with E-state index in [0.29, 0.717) is 0 Å². The summed E-state index contributed by atoms with van der Waals surface area (Å²) in [5.41, 5.74) is 0. The number of rotatable bonds is 2. The Morgan fingerprint density at radius 3 is 3.08 bits per heavy atom. The van der Waals surface area contributed by atoms with Gasteiger partial charge in [0.2, 0.25) is 0 Å². The summed E-state index contributed by atoms with van der Waals surface area (Å²) >= 11 is 0. The molecule has 1 aliphatic carbocycles. The van der Waals surface area contributed by atoms with Crippen molar-refractivity contribution in [2.45, 2.75) is 19.3 Å². The lowest BCUT2D eigenvalue weighted by Crippen LogP contribution is -2.42. The van der Waals surface area contributed by atoms with E-state index in [2.05, 4.69) is 22.3 Å². The van der Waals surface area contributed by atoms with Gasteiger partial charge in [0, 0.05) is 26.7 Å². The molecule has 1 heterocycles. The number of nitrogens with one attached hydrogen (secondary N) is 1. The van der Waals surface area contributed by atoms with Crippen molar-refractivity contribution in [2.75, 3.05) is 26.7 Å². The van der Waals surface area contributed by atoms with Gasteiger partial charge in [0.05, 0.1) is 0 Å². The molecule has 3 nitrogen and oxygen atoms in total. The van der Waals surface area contributed by atoms with Crippen LogP contribution in [0.3, 0.4) is 0 Å². The number of guanidine groups is 1. The predicted octanol–water partition coefficient (Wildman–Crippen LogP) is 0.677. The molecule has 1 aliphatic heterocycles. The summed E-state index contributed by atoms with van der Waals surface area (Å²) in [6.07, 6.45) is 4.01. The molecule has 68 valence electrons. The molecular formula is C9H17N3. The summed E-state index contributed by atoms with van der Waals surface area (Å²) in [6, 6.07) is 0. The molecular weight excluding hydrogens is 150 g/mol. The average molecular weight is 167 g/mol. The van der Waals surface area contributed by atoms with Gasteiger partial charge >= 0.3 is 0 Å². The first kappa shape index (κ1) is 7.90. The molecule has 0 unspecified atom stereocenters. The lowest BCUT2D eigenvalue weighted by Gasteiger charge is -2.25. The Balaban J connectivity index is 1.79. The highest BCUT2D eigenvalue weighted by Gasteiger charge is 2.22. The van der Waals surface area contributed by atoms with Crippen molar-refractivity contribution in [3.8, 4) is 0 Å². The van der Waals surface area contributed by atoms with Crippen LogP contribution in [-0.2, 0) is 0 Å². The van der Waals surface area contributed by atoms with Gasteiger partial charge in [-0.15, -0.1) is 0 Å². The first-order valence-electron chi connectivity index (χ1n) is 4.86. The maximum absolute atomic E-state index is 4.44. The summed E-state index contributed by atoms with van der Waals surface area (Å²) in [6.45, 7) is 3.27. The van der Waals surface area contributed by atoms with Gasteiger partial charge < -0.3 is 10.2 Å². The number of hydrogen-bond acceptors (Lipinski definition) is 3. The first-order valence-corrected chi connectivity index (χ1v) is 4.86. The second kappa shape index (κ2) is 3.33. The molecule has 12 heavy (non-hydrogen) atoms. The van der Waals surface area contributed by atoms with E-state index in [1.54, 1.807) is 0 Å². The Kier molecular flexibility index (Phi) is 2.19. The highest BCUT2D eigenvalue weighted by molar-refractivity contribution is 5.80. The van der Waals surface area contributed by atoms with Crippen LogP contribution >= 0.6 is 0 Å². The fourth-order valence-electron chi connectivity index (χ4n) is 1.47. The minimum absolute atomic E-state index is 0.933. The van der Waals surface area contributed by atoms with E-state index < -0.39 is 0 Å². The maximum atomic E-state index is 4.44. The normalized spacial score (nSPS) is 23.8. The Hall–Kier alpha value is -0.730. The minimum atomic E-state index is 0.933. The molecule has 0 radical (unpaired) electrons. The van der Waals surface area contributed by atoms with Crippen LogP contribution in [0.5, 0.6) is 0 Å². The molecule has 3 heteroatoms. The summed E-state index contributed by atoms with van der Waals surface area (Å²) < 4.78 is 0. The van der Waals surface area contributed by atoms with E-state index in [9.17, 15) is 0 Å². The fraction of sp³-hybridized carbons (Fsp3) is 0.889. The molecule has 0 amide bonds. The Bertz CT molecular complexity index is 184. The largest absolute Gasteiger partial charge is 0.356 e. The van der Waals surface area contributed by atoms with Gasteiger partial charge in [-0.2, -0.15) is 0 Å². The minimum Gasteiger partial charge on any atom is -0.356 e. The highest BCUT2D eigenvalue weighted by atomic mass is 15.3. The quantitative estimate of drug-likeness (QED) is 0.655. The standard InChI is InChI=1S/C9H17N3/c1-12-6-2-5-10-9(12)11-7-8-3-4-8/h8H,2-7H2,1H3,(H,10,11). The molecule has 2 rings (SSSR count). The Morgan fingerprint density at radius 1 is 1.58 bits per heavy atom. The molecule has 0 aromatic rings. The Morgan fingerprint density at radius 2 is 2.42 bits per heavy atom. The second-order valence-corrected chi connectivity index (χ2v) is 3.80. The van der Waals surface area contributed by atoms with E-state index in [1.165, 1.54) is 19.3 Å². The van der Waals surface area contributed by atoms with Crippen LogP contribution in [0.2, 0.25) is 0 Å². The number of nitrogens with zero attached hydrogens (tertiary/aromatic N) is 2. The lowest BCUT2D eigenvalue weighted by atomic mass is 10.3. The van der Waals surface area contributed by atoms with Crippen LogP contribution in [0, 0.1) is 5.92 Å². The Labute approximate surface area is 73.9 Å². The van der Waals surface area contributed by atoms with Crippen molar-refractivity contribution >= 4 is 5.96 Å². The van der Waals surface area contributed by atoms with Gasteiger partial charge in [-0.3, -0.25) is 4.99 Å². The molecule has 0 saturated heterocycles. The first-order chi connectivity index (χ1) is 5.86. The maximum Gasteiger partial charge on any atom is 0.193 e. The van der Waals surface area contributed by atoms with Crippen LogP contribution in [0.25, 0.3) is 0 Å². The zero-order chi connectivity index (χ0) is 8.39. The summed E-state index contributed by atoms with van der Waals surface area (Å²) in [5.74, 6) is 2.04. The van der Waals surface area contributed by atoms with Gasteiger partial charge in [0.25, 0.3) is 0 Å². The van der Waals surface area contributed by atoms with Crippen LogP contribution in [0.4, 0.5) is 0 Å². The summed E-state index contributed by atoms with van der Waals surface area (Å²) in [7, 11) is 2.11. The number of aliphatic imine (C=N–C) groups is 1. The SMILES string of the molecule is CN1CCCN=C1NCC1CC1. The molecule has 0 bridgehead atoms. The van der Waals surface area contributed by atoms with Gasteiger partial charge in [-0.05, 0) is 25.2 Å². The summed E-state index contributed by atoms with van der Waals surface area (Å²) in [5, 5.41) is 3.41. The van der Waals surface area contributed by atoms with Crippen LogP contribution < -0.4 is 5.32 Å². The van der Waals surface area contributed by atoms with Crippen LogP contribution in [0.15, 0.2) is 4.99 Å². The zero-order valence-corrected chi connectivity index (χ0v) is 7.71. The van der Waals surface area contributed by atoms with Crippen molar-refractivity contribution in [3.05, 3.63) is 0 Å². The molecule has 1 saturated carbocycles. The molecule has 0 aromatic heterocycles. The van der Waals surface area contributed by atoms with Crippen molar-refractivity contribution in [3.63, 3.8) is 0 Å². The van der Waals surface area contributed by atoms with Crippen molar-refractivity contribution < 1.29 is 0 Å². The van der Waals surface area contributed by atoms with E-state index in [0.717, 1.165) is 31.5 Å². The van der Waals surface area contributed by atoms with Crippen molar-refractivity contribution in [2.24, 2.45) is 10.9 Å². The van der Waals surface area contributed by atoms with E-state index >= 15 is 0 Å². The molecule has 2 aliphatic rings. The highest BCUT2D eigenvalue weighted by Crippen LogP contribution is 2.27. The predicted molar refractivity (Wildman–Crippen MR) is 50.3 cm³/mol. The topological polar surface area (TPSA) is 27.6 Å². The van der Waals surface area contributed by atoms with E-state index in [4.69, 9.17) is 0 Å². The molecule has 0 aromatic carbocycles. The average Bonchev–Trinajstić information content (AvgIpc) is 2.86. The molecule has 0 atom stereocenters. The molecule has 0 spiro atoms. The van der Waals surface area contributed by atoms with Gasteiger partial charge in [-0.1, -0.05) is 0 Å². The molecule has 1 N–H and O–H groups in total. The van der Waals surface area contributed by atoms with Crippen LogP contribution in [-0.4, -0.2) is 37.5 Å². The third kappa shape index (κ3) is 1.90. The van der Waals surface area contributed by atoms with E-state index in [-0.39, 0.29) is 0 Å². The van der Waals surface area contributed by atoms with Gasteiger partial charge in [0.15, 0.2) is 5.96 Å². The van der Waals surface area contributed by atoms with Crippen LogP contribution in [0.1, 0.15) is 19.3 Å². The van der Waals surface area contributed by atoms with Crippen molar-refractivity contribution in [1.82, 2.24) is 10.2 Å². The van der Waals surface area contributed by atoms with Gasteiger partial charge in [-0.25, -0.2) is 0 Å². The van der Waals surface area contributed by atoms with Gasteiger partial charge in [0.1, 0.15) is 0 Å².